The minimum atomic E-state index is -0.409. The number of hydrogen-bond acceptors (Lipinski definition) is 4. The van der Waals surface area contributed by atoms with E-state index in [1.165, 1.54) is 27.8 Å². The van der Waals surface area contributed by atoms with Crippen LogP contribution in [0.2, 0.25) is 0 Å². The highest BCUT2D eigenvalue weighted by Crippen LogP contribution is 2.60. The van der Waals surface area contributed by atoms with Gasteiger partial charge in [-0.2, -0.15) is 0 Å². The second-order valence-corrected chi connectivity index (χ2v) is 9.76. The van der Waals surface area contributed by atoms with Crippen LogP contribution in [0.15, 0.2) is 108 Å². The minimum Gasteiger partial charge on any atom is -0.491 e. The Kier molecular flexibility index (Phi) is 6.82. The summed E-state index contributed by atoms with van der Waals surface area (Å²) in [6.45, 7) is 7.12. The average molecular weight is 480 g/mol. The fourth-order valence-corrected chi connectivity index (χ4v) is 5.70. The molecule has 184 valence electrons. The van der Waals surface area contributed by atoms with Gasteiger partial charge in [0, 0.05) is 5.92 Å². The summed E-state index contributed by atoms with van der Waals surface area (Å²) in [5.41, 5.74) is 7.28. The van der Waals surface area contributed by atoms with Gasteiger partial charge in [-0.1, -0.05) is 73.7 Å². The van der Waals surface area contributed by atoms with E-state index < -0.39 is 5.41 Å². The van der Waals surface area contributed by atoms with E-state index in [2.05, 4.69) is 90.7 Å². The molecule has 0 radical (unpaired) electrons. The van der Waals surface area contributed by atoms with Crippen LogP contribution in [0.5, 0.6) is 11.5 Å². The Balaban J connectivity index is 1.67. The zero-order valence-corrected chi connectivity index (χ0v) is 21.1. The highest BCUT2D eigenvalue weighted by molar-refractivity contribution is 5.70. The van der Waals surface area contributed by atoms with Crippen molar-refractivity contribution in [3.63, 3.8) is 0 Å². The summed E-state index contributed by atoms with van der Waals surface area (Å²) >= 11 is 0. The molecular weight excluding hydrogens is 446 g/mol. The summed E-state index contributed by atoms with van der Waals surface area (Å²) in [6.07, 6.45) is 8.64. The van der Waals surface area contributed by atoms with Crippen molar-refractivity contribution in [3.05, 3.63) is 131 Å². The highest BCUT2D eigenvalue weighted by atomic mass is 16.6. The number of benzene rings is 3. The Morgan fingerprint density at radius 1 is 0.889 bits per heavy atom. The smallest absolute Gasteiger partial charge is 0.126 e. The Hall–Kier alpha value is -3.60. The van der Waals surface area contributed by atoms with Crippen LogP contribution < -0.4 is 15.4 Å². The molecule has 2 N–H and O–H groups in total. The Morgan fingerprint density at radius 2 is 1.56 bits per heavy atom. The topological polar surface area (TPSA) is 53.7 Å². The fourth-order valence-electron chi connectivity index (χ4n) is 5.70. The Morgan fingerprint density at radius 3 is 2.22 bits per heavy atom. The first-order valence-electron chi connectivity index (χ1n) is 12.5. The molecule has 0 fully saturated rings. The van der Waals surface area contributed by atoms with Crippen LogP contribution in [0, 0.1) is 5.92 Å². The van der Waals surface area contributed by atoms with Crippen molar-refractivity contribution in [3.8, 4) is 11.5 Å². The van der Waals surface area contributed by atoms with Gasteiger partial charge < -0.3 is 14.3 Å². The molecule has 0 saturated heterocycles. The van der Waals surface area contributed by atoms with Crippen molar-refractivity contribution in [2.24, 2.45) is 11.8 Å². The van der Waals surface area contributed by atoms with Crippen LogP contribution in [0.1, 0.15) is 48.9 Å². The number of rotatable bonds is 8. The first-order valence-corrected chi connectivity index (χ1v) is 12.5. The molecule has 0 amide bonds. The molecule has 0 heterocycles. The maximum absolute atomic E-state index is 5.86. The second-order valence-electron chi connectivity index (χ2n) is 9.76. The van der Waals surface area contributed by atoms with Gasteiger partial charge in [0.15, 0.2) is 0 Å². The number of ether oxygens (including phenoxy) is 2. The van der Waals surface area contributed by atoms with E-state index in [1.54, 1.807) is 6.26 Å². The summed E-state index contributed by atoms with van der Waals surface area (Å²) in [6, 6.07) is 25.9. The normalized spacial score (nSPS) is 21.8. The van der Waals surface area contributed by atoms with Crippen LogP contribution in [-0.4, -0.2) is 13.2 Å². The van der Waals surface area contributed by atoms with Gasteiger partial charge >= 0.3 is 0 Å². The molecule has 2 aliphatic carbocycles. The summed E-state index contributed by atoms with van der Waals surface area (Å²) < 4.78 is 11.7. The number of fused-ring (bicyclic) bond motifs is 3. The lowest BCUT2D eigenvalue weighted by Crippen LogP contribution is -2.30. The van der Waals surface area contributed by atoms with Crippen molar-refractivity contribution >= 4 is 0 Å². The average Bonchev–Trinajstić information content (AvgIpc) is 3.21. The molecule has 4 nitrogen and oxygen atoms in total. The fraction of sp³-hybridized carbons (Fsp3) is 0.250. The van der Waals surface area contributed by atoms with Gasteiger partial charge in [-0.3, -0.25) is 0 Å². The zero-order chi connectivity index (χ0) is 25.1. The van der Waals surface area contributed by atoms with Crippen molar-refractivity contribution in [2.45, 2.75) is 32.1 Å². The second kappa shape index (κ2) is 10.2. The molecule has 3 aromatic carbocycles. The molecule has 3 atom stereocenters. The molecule has 0 spiro atoms. The van der Waals surface area contributed by atoms with Gasteiger partial charge in [0.25, 0.3) is 0 Å². The molecule has 0 bridgehead atoms. The van der Waals surface area contributed by atoms with Crippen LogP contribution in [-0.2, 0) is 10.3 Å². The Labute approximate surface area is 213 Å². The molecule has 3 aromatic rings. The summed E-state index contributed by atoms with van der Waals surface area (Å²) in [4.78, 5) is 4.64. The van der Waals surface area contributed by atoms with E-state index in [-0.39, 0.29) is 0 Å². The van der Waals surface area contributed by atoms with Crippen molar-refractivity contribution < 1.29 is 14.3 Å². The lowest BCUT2D eigenvalue weighted by molar-refractivity contribution is 0.102. The number of allylic oxidation sites excluding steroid dienone is 5. The maximum Gasteiger partial charge on any atom is 0.126 e. The molecule has 36 heavy (non-hydrogen) atoms. The van der Waals surface area contributed by atoms with Gasteiger partial charge in [-0.05, 0) is 77.4 Å². The van der Waals surface area contributed by atoms with E-state index in [4.69, 9.17) is 15.4 Å². The van der Waals surface area contributed by atoms with Gasteiger partial charge in [0.05, 0.1) is 11.7 Å². The summed E-state index contributed by atoms with van der Waals surface area (Å²) in [7, 11) is 0. The zero-order valence-electron chi connectivity index (χ0n) is 21.1. The van der Waals surface area contributed by atoms with E-state index in [9.17, 15) is 0 Å². The lowest BCUT2D eigenvalue weighted by Gasteiger charge is -2.37. The third-order valence-electron chi connectivity index (χ3n) is 7.16. The SMILES string of the molecule is CC(C)=COc1ccc(C2(c3ccc(OCCON)cc3)C3=CC=CC(C)C3c3ccccc32)cc1. The van der Waals surface area contributed by atoms with E-state index in [0.29, 0.717) is 25.0 Å². The number of nitrogens with two attached hydrogens (primary N) is 1. The third-order valence-corrected chi connectivity index (χ3v) is 7.16. The monoisotopic (exact) mass is 479 g/mol. The third kappa shape index (κ3) is 4.17. The van der Waals surface area contributed by atoms with E-state index in [0.717, 1.165) is 17.1 Å². The molecule has 3 unspecified atom stereocenters. The molecule has 2 aliphatic rings. The molecule has 0 aromatic heterocycles. The van der Waals surface area contributed by atoms with Gasteiger partial charge in [-0.25, -0.2) is 5.90 Å². The lowest BCUT2D eigenvalue weighted by atomic mass is 9.65. The maximum atomic E-state index is 5.86. The highest BCUT2D eigenvalue weighted by Gasteiger charge is 2.51. The first-order chi connectivity index (χ1) is 17.6. The van der Waals surface area contributed by atoms with Crippen molar-refractivity contribution in [1.82, 2.24) is 0 Å². The molecule has 5 rings (SSSR count). The van der Waals surface area contributed by atoms with Crippen LogP contribution >= 0.6 is 0 Å². The quantitative estimate of drug-likeness (QED) is 0.219. The van der Waals surface area contributed by atoms with Gasteiger partial charge in [0.2, 0.25) is 0 Å². The van der Waals surface area contributed by atoms with Crippen molar-refractivity contribution in [1.29, 1.82) is 0 Å². The van der Waals surface area contributed by atoms with Crippen molar-refractivity contribution in [2.75, 3.05) is 13.2 Å². The Bertz CT molecular complexity index is 1300. The van der Waals surface area contributed by atoms with Gasteiger partial charge in [-0.15, -0.1) is 0 Å². The van der Waals surface area contributed by atoms with E-state index in [1.807, 2.05) is 26.0 Å². The van der Waals surface area contributed by atoms with E-state index >= 15 is 0 Å². The summed E-state index contributed by atoms with van der Waals surface area (Å²) in [5, 5.41) is 0. The predicted octanol–water partition coefficient (Wildman–Crippen LogP) is 6.82. The predicted molar refractivity (Wildman–Crippen MR) is 144 cm³/mol. The molecule has 0 aliphatic heterocycles. The molecule has 4 heteroatoms. The molecular formula is C32H33NO3. The summed E-state index contributed by atoms with van der Waals surface area (Å²) in [5.74, 6) is 7.50. The van der Waals surface area contributed by atoms with Crippen LogP contribution in [0.4, 0.5) is 0 Å². The standard InChI is InChI=1S/C32H33NO3/c1-22(2)21-35-27-17-13-25(14-18-27)32(24-11-15-26(16-12-24)34-19-20-36-33)29-9-5-4-8-28(29)31-23(3)7-6-10-30(31)32/h4-18,21,23,31H,19-20,33H2,1-3H3. The largest absolute Gasteiger partial charge is 0.491 e. The minimum absolute atomic E-state index is 0.324. The molecule has 0 saturated carbocycles. The number of hydrogen-bond donors (Lipinski definition) is 1. The first kappa shape index (κ1) is 24.1. The van der Waals surface area contributed by atoms with Crippen LogP contribution in [0.3, 0.4) is 0 Å². The van der Waals surface area contributed by atoms with Crippen LogP contribution in [0.25, 0.3) is 0 Å². The van der Waals surface area contributed by atoms with Gasteiger partial charge in [0.1, 0.15) is 24.7 Å².